The van der Waals surface area contributed by atoms with Gasteiger partial charge in [-0.1, -0.05) is 97.1 Å². The third kappa shape index (κ3) is 4.78. The largest absolute Gasteiger partial charge is 0.496 e. The Morgan fingerprint density at radius 3 is 1.37 bits per heavy atom. The SMILES string of the molecule is COc1cccc(C)c1-c1cccc(-c2c(OC)cccc2OC)c1P(c1ccccc1)c1ccccc1. The maximum absolute atomic E-state index is 5.92. The molecule has 0 bridgehead atoms. The van der Waals surface area contributed by atoms with Gasteiger partial charge in [0.15, 0.2) is 0 Å². The zero-order chi connectivity index (χ0) is 26.5. The van der Waals surface area contributed by atoms with E-state index in [0.29, 0.717) is 0 Å². The normalized spacial score (nSPS) is 10.9. The zero-order valence-electron chi connectivity index (χ0n) is 22.1. The van der Waals surface area contributed by atoms with Crippen LogP contribution in [0.15, 0.2) is 115 Å². The fraction of sp³-hybridized carbons (Fsp3) is 0.118. The Bertz CT molecular complexity index is 1470. The fourth-order valence-electron chi connectivity index (χ4n) is 5.02. The van der Waals surface area contributed by atoms with Crippen LogP contribution in [0.25, 0.3) is 22.3 Å². The third-order valence-corrected chi connectivity index (χ3v) is 9.27. The lowest BCUT2D eigenvalue weighted by Crippen LogP contribution is -2.24. The highest BCUT2D eigenvalue weighted by Crippen LogP contribution is 2.47. The highest BCUT2D eigenvalue weighted by molar-refractivity contribution is 7.80. The molecule has 38 heavy (non-hydrogen) atoms. The number of ether oxygens (including phenoxy) is 3. The van der Waals surface area contributed by atoms with Crippen molar-refractivity contribution in [1.82, 2.24) is 0 Å². The molecule has 0 aliphatic rings. The molecule has 0 amide bonds. The van der Waals surface area contributed by atoms with E-state index in [1.54, 1.807) is 21.3 Å². The Hall–Kier alpha value is -4.07. The molecule has 0 saturated carbocycles. The molecular weight excluding hydrogens is 487 g/mol. The van der Waals surface area contributed by atoms with Crippen LogP contribution in [0.3, 0.4) is 0 Å². The molecule has 0 fully saturated rings. The van der Waals surface area contributed by atoms with Gasteiger partial charge in [0.2, 0.25) is 0 Å². The van der Waals surface area contributed by atoms with E-state index >= 15 is 0 Å². The smallest absolute Gasteiger partial charge is 0.130 e. The van der Waals surface area contributed by atoms with Crippen LogP contribution in [0.2, 0.25) is 0 Å². The van der Waals surface area contributed by atoms with Crippen LogP contribution in [-0.2, 0) is 0 Å². The Morgan fingerprint density at radius 1 is 0.447 bits per heavy atom. The minimum absolute atomic E-state index is 0.774. The first-order valence-corrected chi connectivity index (χ1v) is 13.9. The first kappa shape index (κ1) is 25.6. The number of benzene rings is 5. The number of rotatable bonds is 8. The molecule has 0 unspecified atom stereocenters. The van der Waals surface area contributed by atoms with Crippen molar-refractivity contribution in [3.8, 4) is 39.5 Å². The lowest BCUT2D eigenvalue weighted by atomic mass is 9.94. The van der Waals surface area contributed by atoms with Gasteiger partial charge in [0.25, 0.3) is 0 Å². The number of aryl methyl sites for hydroxylation is 1. The van der Waals surface area contributed by atoms with Gasteiger partial charge < -0.3 is 14.2 Å². The van der Waals surface area contributed by atoms with E-state index in [0.717, 1.165) is 45.1 Å². The molecule has 5 rings (SSSR count). The van der Waals surface area contributed by atoms with Gasteiger partial charge in [-0.15, -0.1) is 0 Å². The second-order valence-corrected chi connectivity index (χ2v) is 11.0. The maximum atomic E-state index is 5.92. The average Bonchev–Trinajstić information content (AvgIpc) is 2.98. The number of hydrogen-bond acceptors (Lipinski definition) is 3. The second kappa shape index (κ2) is 11.5. The summed E-state index contributed by atoms with van der Waals surface area (Å²) in [6.07, 6.45) is 0. The predicted molar refractivity (Wildman–Crippen MR) is 160 cm³/mol. The van der Waals surface area contributed by atoms with Gasteiger partial charge in [-0.05, 0) is 60.3 Å². The third-order valence-electron chi connectivity index (χ3n) is 6.71. The van der Waals surface area contributed by atoms with Crippen molar-refractivity contribution in [3.05, 3.63) is 121 Å². The molecule has 0 spiro atoms. The summed E-state index contributed by atoms with van der Waals surface area (Å²) in [7, 11) is 4.20. The van der Waals surface area contributed by atoms with Gasteiger partial charge in [0, 0.05) is 10.9 Å². The fourth-order valence-corrected chi connectivity index (χ4v) is 7.63. The Morgan fingerprint density at radius 2 is 0.868 bits per heavy atom. The Balaban J connectivity index is 1.96. The average molecular weight is 519 g/mol. The summed E-state index contributed by atoms with van der Waals surface area (Å²) in [4.78, 5) is 0. The van der Waals surface area contributed by atoms with E-state index in [1.807, 2.05) is 30.3 Å². The monoisotopic (exact) mass is 518 g/mol. The molecule has 5 aromatic carbocycles. The predicted octanol–water partition coefficient (Wildman–Crippen LogP) is 7.11. The minimum Gasteiger partial charge on any atom is -0.496 e. The van der Waals surface area contributed by atoms with Gasteiger partial charge >= 0.3 is 0 Å². The van der Waals surface area contributed by atoms with Gasteiger partial charge in [0.05, 0.1) is 26.9 Å². The molecule has 4 heteroatoms. The van der Waals surface area contributed by atoms with E-state index in [9.17, 15) is 0 Å². The van der Waals surface area contributed by atoms with E-state index in [4.69, 9.17) is 14.2 Å². The highest BCUT2D eigenvalue weighted by Gasteiger charge is 2.28. The van der Waals surface area contributed by atoms with Crippen LogP contribution in [0.1, 0.15) is 5.56 Å². The van der Waals surface area contributed by atoms with Gasteiger partial charge in [0.1, 0.15) is 17.2 Å². The van der Waals surface area contributed by atoms with Crippen molar-refractivity contribution in [2.75, 3.05) is 21.3 Å². The minimum atomic E-state index is -0.966. The Labute approximate surface area is 226 Å². The van der Waals surface area contributed by atoms with E-state index < -0.39 is 7.92 Å². The number of hydrogen-bond donors (Lipinski definition) is 0. The molecule has 0 heterocycles. The quantitative estimate of drug-likeness (QED) is 0.205. The molecule has 0 aliphatic carbocycles. The van der Waals surface area contributed by atoms with Crippen molar-refractivity contribution >= 4 is 23.8 Å². The zero-order valence-corrected chi connectivity index (χ0v) is 23.0. The van der Waals surface area contributed by atoms with Gasteiger partial charge in [-0.3, -0.25) is 0 Å². The van der Waals surface area contributed by atoms with Crippen molar-refractivity contribution in [2.24, 2.45) is 0 Å². The topological polar surface area (TPSA) is 27.7 Å². The molecule has 0 N–H and O–H groups in total. The first-order chi connectivity index (χ1) is 18.7. The molecule has 0 aliphatic heterocycles. The van der Waals surface area contributed by atoms with Crippen molar-refractivity contribution in [1.29, 1.82) is 0 Å². The molecule has 190 valence electrons. The van der Waals surface area contributed by atoms with Crippen molar-refractivity contribution in [2.45, 2.75) is 6.92 Å². The maximum Gasteiger partial charge on any atom is 0.130 e. The first-order valence-electron chi connectivity index (χ1n) is 12.6. The lowest BCUT2D eigenvalue weighted by Gasteiger charge is -2.27. The summed E-state index contributed by atoms with van der Waals surface area (Å²) < 4.78 is 17.7. The molecular formula is C34H31O3P. The summed E-state index contributed by atoms with van der Waals surface area (Å²) in [5.74, 6) is 2.40. The Kier molecular flexibility index (Phi) is 7.77. The molecule has 0 aromatic heterocycles. The molecule has 0 radical (unpaired) electrons. The van der Waals surface area contributed by atoms with Crippen LogP contribution in [0, 0.1) is 6.92 Å². The molecule has 0 atom stereocenters. The van der Waals surface area contributed by atoms with E-state index in [2.05, 4.69) is 91.9 Å². The van der Waals surface area contributed by atoms with Crippen LogP contribution in [-0.4, -0.2) is 21.3 Å². The van der Waals surface area contributed by atoms with Crippen molar-refractivity contribution in [3.63, 3.8) is 0 Å². The van der Waals surface area contributed by atoms with Crippen LogP contribution < -0.4 is 30.1 Å². The standard InChI is InChI=1S/C34H31O3P/c1-24-14-11-21-29(35-2)32(24)27-19-12-20-28(33-30(36-3)22-13-23-31(33)37-4)34(27)38(25-15-7-5-8-16-25)26-17-9-6-10-18-26/h5-23H,1-4H3. The molecule has 5 aromatic rings. The van der Waals surface area contributed by atoms with E-state index in [1.165, 1.54) is 15.9 Å². The number of methoxy groups -OCH3 is 3. The summed E-state index contributed by atoms with van der Waals surface area (Å²) in [5, 5.41) is 3.77. The summed E-state index contributed by atoms with van der Waals surface area (Å²) in [6, 6.07) is 40.2. The second-order valence-electron chi connectivity index (χ2n) is 8.90. The molecule has 0 saturated heterocycles. The van der Waals surface area contributed by atoms with E-state index in [-0.39, 0.29) is 0 Å². The van der Waals surface area contributed by atoms with Gasteiger partial charge in [-0.25, -0.2) is 0 Å². The highest BCUT2D eigenvalue weighted by atomic mass is 31.1. The van der Waals surface area contributed by atoms with Crippen LogP contribution >= 0.6 is 7.92 Å². The van der Waals surface area contributed by atoms with Gasteiger partial charge in [-0.2, -0.15) is 0 Å². The summed E-state index contributed by atoms with van der Waals surface area (Å²) >= 11 is 0. The molecule has 3 nitrogen and oxygen atoms in total. The van der Waals surface area contributed by atoms with Crippen LogP contribution in [0.5, 0.6) is 17.2 Å². The van der Waals surface area contributed by atoms with Crippen molar-refractivity contribution < 1.29 is 14.2 Å². The summed E-state index contributed by atoms with van der Waals surface area (Å²) in [6.45, 7) is 2.14. The van der Waals surface area contributed by atoms with Crippen LogP contribution in [0.4, 0.5) is 0 Å². The summed E-state index contributed by atoms with van der Waals surface area (Å²) in [5.41, 5.74) is 5.43. The lowest BCUT2D eigenvalue weighted by molar-refractivity contribution is 0.397.